The molecule has 1 aromatic rings. The third-order valence-corrected chi connectivity index (χ3v) is 4.29. The quantitative estimate of drug-likeness (QED) is 0.403. The summed E-state index contributed by atoms with van der Waals surface area (Å²) < 4.78 is 1.29. The molecule has 0 aliphatic heterocycles. The lowest BCUT2D eigenvalue weighted by Crippen LogP contribution is -2.41. The van der Waals surface area contributed by atoms with Gasteiger partial charge < -0.3 is 15.4 Å². The Morgan fingerprint density at radius 3 is 2.75 bits per heavy atom. The van der Waals surface area contributed by atoms with E-state index in [0.717, 1.165) is 32.1 Å². The fourth-order valence-electron chi connectivity index (χ4n) is 2.58. The Bertz CT molecular complexity index is 515. The van der Waals surface area contributed by atoms with Gasteiger partial charge in [-0.3, -0.25) is 4.79 Å². The molecule has 6 nitrogen and oxygen atoms in total. The maximum absolute atomic E-state index is 12.2. The minimum atomic E-state index is -0.507. The smallest absolute Gasteiger partial charge is 0.323 e. The summed E-state index contributed by atoms with van der Waals surface area (Å²) in [6.45, 7) is 0. The second kappa shape index (κ2) is 6.26. The minimum Gasteiger partial charge on any atom is -0.358 e. The van der Waals surface area contributed by atoms with Crippen LogP contribution in [0.25, 0.3) is 0 Å². The molecule has 1 heterocycles. The summed E-state index contributed by atoms with van der Waals surface area (Å²) in [6, 6.07) is 2.73. The molecule has 20 heavy (non-hydrogen) atoms. The van der Waals surface area contributed by atoms with Gasteiger partial charge in [-0.1, -0.05) is 19.3 Å². The van der Waals surface area contributed by atoms with Crippen LogP contribution in [-0.2, 0) is 7.05 Å². The van der Waals surface area contributed by atoms with E-state index in [-0.39, 0.29) is 28.8 Å². The molecule has 2 unspecified atom stereocenters. The molecule has 1 aromatic heterocycles. The number of hydrogen-bond donors (Lipinski definition) is 1. The molecule has 1 N–H and O–H groups in total. The number of carbonyl (C=O) groups excluding carboxylic acids is 1. The van der Waals surface area contributed by atoms with Crippen molar-refractivity contribution in [2.45, 2.75) is 43.5 Å². The van der Waals surface area contributed by atoms with Gasteiger partial charge in [0.15, 0.2) is 5.69 Å². The van der Waals surface area contributed by atoms with Crippen LogP contribution in [0.15, 0.2) is 12.1 Å². The van der Waals surface area contributed by atoms with E-state index in [9.17, 15) is 14.9 Å². The number of rotatable bonds is 3. The Labute approximate surface area is 122 Å². The van der Waals surface area contributed by atoms with Crippen molar-refractivity contribution in [1.29, 1.82) is 0 Å². The zero-order chi connectivity index (χ0) is 14.7. The third kappa shape index (κ3) is 3.12. The van der Waals surface area contributed by atoms with Crippen LogP contribution in [0.3, 0.4) is 0 Å². The molecule has 110 valence electrons. The van der Waals surface area contributed by atoms with Gasteiger partial charge in [0.05, 0.1) is 12.4 Å². The predicted octanol–water partition coefficient (Wildman–Crippen LogP) is 2.60. The molecule has 2 rings (SSSR count). The normalized spacial score (nSPS) is 23.1. The third-order valence-electron chi connectivity index (χ3n) is 3.76. The largest absolute Gasteiger partial charge is 0.358 e. The van der Waals surface area contributed by atoms with E-state index in [2.05, 4.69) is 5.32 Å². The van der Waals surface area contributed by atoms with Crippen LogP contribution in [0.2, 0.25) is 0 Å². The summed E-state index contributed by atoms with van der Waals surface area (Å²) >= 11 is 6.28. The van der Waals surface area contributed by atoms with Crippen LogP contribution < -0.4 is 5.32 Å². The number of hydrogen-bond acceptors (Lipinski definition) is 3. The Morgan fingerprint density at radius 2 is 2.10 bits per heavy atom. The summed E-state index contributed by atoms with van der Waals surface area (Å²) in [6.07, 6.45) is 5.00. The molecular weight excluding hydrogens is 282 g/mol. The van der Waals surface area contributed by atoms with E-state index >= 15 is 0 Å². The van der Waals surface area contributed by atoms with Gasteiger partial charge in [0.2, 0.25) is 0 Å². The van der Waals surface area contributed by atoms with E-state index in [1.165, 1.54) is 23.7 Å². The van der Waals surface area contributed by atoms with Crippen molar-refractivity contribution in [1.82, 2.24) is 9.88 Å². The van der Waals surface area contributed by atoms with E-state index in [4.69, 9.17) is 11.6 Å². The lowest BCUT2D eigenvalue weighted by molar-refractivity contribution is -0.391. The predicted molar refractivity (Wildman–Crippen MR) is 76.0 cm³/mol. The molecule has 1 saturated carbocycles. The first kappa shape index (κ1) is 14.8. The molecule has 1 aliphatic carbocycles. The number of nitrogens with zero attached hydrogens (tertiary/aromatic N) is 2. The van der Waals surface area contributed by atoms with Gasteiger partial charge in [-0.05, 0) is 23.8 Å². The molecule has 0 saturated heterocycles. The van der Waals surface area contributed by atoms with E-state index in [1.807, 2.05) is 0 Å². The Balaban J connectivity index is 2.09. The number of aromatic nitrogens is 1. The van der Waals surface area contributed by atoms with Crippen molar-refractivity contribution in [3.05, 3.63) is 27.9 Å². The molecule has 2 atom stereocenters. The SMILES string of the molecule is Cn1c(C(=O)NC2CCCCCC2Cl)ccc1[N+](=O)[O-]. The summed E-state index contributed by atoms with van der Waals surface area (Å²) in [5.41, 5.74) is 0.282. The maximum Gasteiger partial charge on any atom is 0.323 e. The fourth-order valence-corrected chi connectivity index (χ4v) is 2.92. The highest BCUT2D eigenvalue weighted by atomic mass is 35.5. The number of carbonyl (C=O) groups is 1. The maximum atomic E-state index is 12.2. The molecule has 1 amide bonds. The Hall–Kier alpha value is -1.56. The van der Waals surface area contributed by atoms with Crippen LogP contribution in [0.1, 0.15) is 42.6 Å². The van der Waals surface area contributed by atoms with Crippen LogP contribution in [0.4, 0.5) is 5.82 Å². The molecule has 1 fully saturated rings. The van der Waals surface area contributed by atoms with Gasteiger partial charge in [0.1, 0.15) is 0 Å². The van der Waals surface area contributed by atoms with Crippen LogP contribution in [0, 0.1) is 10.1 Å². The Kier molecular flexibility index (Phi) is 4.65. The molecule has 7 heteroatoms. The molecule has 0 radical (unpaired) electrons. The zero-order valence-electron chi connectivity index (χ0n) is 11.3. The highest BCUT2D eigenvalue weighted by Gasteiger charge is 2.27. The average Bonchev–Trinajstić information content (AvgIpc) is 2.67. The molecular formula is C13H18ClN3O3. The van der Waals surface area contributed by atoms with E-state index in [0.29, 0.717) is 0 Å². The van der Waals surface area contributed by atoms with Crippen molar-refractivity contribution in [3.63, 3.8) is 0 Å². The van der Waals surface area contributed by atoms with Crippen molar-refractivity contribution >= 4 is 23.3 Å². The van der Waals surface area contributed by atoms with Gasteiger partial charge in [-0.25, -0.2) is 4.57 Å². The van der Waals surface area contributed by atoms with Crippen LogP contribution in [-0.4, -0.2) is 26.8 Å². The second-order valence-corrected chi connectivity index (χ2v) is 5.69. The molecule has 0 aromatic carbocycles. The lowest BCUT2D eigenvalue weighted by atomic mass is 10.1. The topological polar surface area (TPSA) is 77.2 Å². The highest BCUT2D eigenvalue weighted by Crippen LogP contribution is 2.23. The number of amides is 1. The minimum absolute atomic E-state index is 0.0689. The zero-order valence-corrected chi connectivity index (χ0v) is 12.1. The standard InChI is InChI=1S/C13H18ClN3O3/c1-16-11(7-8-12(16)17(19)20)13(18)15-10-6-4-2-3-5-9(10)14/h7-10H,2-6H2,1H3,(H,15,18). The molecule has 1 aliphatic rings. The number of alkyl halides is 1. The summed E-state index contributed by atoms with van der Waals surface area (Å²) in [5.74, 6) is -0.406. The monoisotopic (exact) mass is 299 g/mol. The van der Waals surface area contributed by atoms with E-state index in [1.54, 1.807) is 0 Å². The number of halogens is 1. The van der Waals surface area contributed by atoms with Crippen LogP contribution >= 0.6 is 11.6 Å². The van der Waals surface area contributed by atoms with Crippen molar-refractivity contribution in [2.75, 3.05) is 0 Å². The molecule has 0 bridgehead atoms. The van der Waals surface area contributed by atoms with Crippen molar-refractivity contribution in [2.24, 2.45) is 7.05 Å². The summed E-state index contributed by atoms with van der Waals surface area (Å²) in [5, 5.41) is 13.6. The number of nitrogens with one attached hydrogen (secondary N) is 1. The molecule has 0 spiro atoms. The van der Waals surface area contributed by atoms with E-state index < -0.39 is 4.92 Å². The first-order valence-electron chi connectivity index (χ1n) is 6.75. The highest BCUT2D eigenvalue weighted by molar-refractivity contribution is 6.21. The lowest BCUT2D eigenvalue weighted by Gasteiger charge is -2.20. The first-order valence-corrected chi connectivity index (χ1v) is 7.19. The Morgan fingerprint density at radius 1 is 1.40 bits per heavy atom. The van der Waals surface area contributed by atoms with Crippen LogP contribution in [0.5, 0.6) is 0 Å². The van der Waals surface area contributed by atoms with Crippen molar-refractivity contribution < 1.29 is 9.72 Å². The second-order valence-electron chi connectivity index (χ2n) is 5.13. The van der Waals surface area contributed by atoms with Gasteiger partial charge >= 0.3 is 5.82 Å². The fraction of sp³-hybridized carbons (Fsp3) is 0.615. The summed E-state index contributed by atoms with van der Waals surface area (Å²) in [4.78, 5) is 22.5. The van der Waals surface area contributed by atoms with Gasteiger partial charge in [0.25, 0.3) is 5.91 Å². The van der Waals surface area contributed by atoms with Crippen molar-refractivity contribution in [3.8, 4) is 0 Å². The first-order chi connectivity index (χ1) is 9.50. The van der Waals surface area contributed by atoms with Gasteiger partial charge in [-0.2, -0.15) is 0 Å². The van der Waals surface area contributed by atoms with Gasteiger partial charge in [-0.15, -0.1) is 11.6 Å². The van der Waals surface area contributed by atoms with Gasteiger partial charge in [0, 0.05) is 12.1 Å². The number of nitro groups is 1. The average molecular weight is 300 g/mol. The summed E-state index contributed by atoms with van der Waals surface area (Å²) in [7, 11) is 1.51.